The molecule has 3 rings (SSSR count). The van der Waals surface area contributed by atoms with Gasteiger partial charge >= 0.3 is 0 Å². The Labute approximate surface area is 160 Å². The van der Waals surface area contributed by atoms with Crippen LogP contribution in [0.2, 0.25) is 0 Å². The molecule has 0 spiro atoms. The number of carbonyl (C=O) groups is 2. The highest BCUT2D eigenvalue weighted by Gasteiger charge is 2.32. The molecular formula is C19H29N5O3. The number of hydrogen-bond donors (Lipinski definition) is 1. The van der Waals surface area contributed by atoms with Gasteiger partial charge in [0.25, 0.3) is 11.8 Å². The van der Waals surface area contributed by atoms with E-state index >= 15 is 0 Å². The molecule has 8 nitrogen and oxygen atoms in total. The highest BCUT2D eigenvalue weighted by atomic mass is 16.5. The van der Waals surface area contributed by atoms with Crippen LogP contribution >= 0.6 is 0 Å². The predicted molar refractivity (Wildman–Crippen MR) is 102 cm³/mol. The van der Waals surface area contributed by atoms with E-state index in [1.165, 1.54) is 0 Å². The van der Waals surface area contributed by atoms with Crippen molar-refractivity contribution in [2.24, 2.45) is 0 Å². The minimum absolute atomic E-state index is 0.0187. The Bertz CT molecular complexity index is 716. The Hall–Kier alpha value is -2.22. The molecule has 148 valence electrons. The predicted octanol–water partition coefficient (Wildman–Crippen LogP) is 1.45. The summed E-state index contributed by atoms with van der Waals surface area (Å²) < 4.78 is 5.64. The van der Waals surface area contributed by atoms with Gasteiger partial charge in [-0.25, -0.2) is 9.97 Å². The van der Waals surface area contributed by atoms with E-state index in [4.69, 9.17) is 4.74 Å². The lowest BCUT2D eigenvalue weighted by atomic mass is 10.0. The molecule has 1 unspecified atom stereocenters. The van der Waals surface area contributed by atoms with Crippen molar-refractivity contribution in [2.45, 2.75) is 58.8 Å². The summed E-state index contributed by atoms with van der Waals surface area (Å²) in [4.78, 5) is 38.3. The minimum Gasteiger partial charge on any atom is -0.366 e. The normalized spacial score (nSPS) is 17.8. The highest BCUT2D eigenvalue weighted by molar-refractivity contribution is 5.94. The van der Waals surface area contributed by atoms with Gasteiger partial charge in [0.2, 0.25) is 5.95 Å². The summed E-state index contributed by atoms with van der Waals surface area (Å²) in [6.07, 6.45) is 2.11. The smallest absolute Gasteiger partial charge is 0.273 e. The van der Waals surface area contributed by atoms with Crippen LogP contribution in [-0.2, 0) is 22.5 Å². The molecule has 1 aromatic heterocycles. The molecule has 3 heterocycles. The van der Waals surface area contributed by atoms with Crippen molar-refractivity contribution in [3.63, 3.8) is 0 Å². The first-order valence-corrected chi connectivity index (χ1v) is 9.71. The summed E-state index contributed by atoms with van der Waals surface area (Å²) in [6, 6.07) is 0. The number of nitrogens with one attached hydrogen (secondary N) is 1. The third-order valence-corrected chi connectivity index (χ3v) is 5.02. The summed E-state index contributed by atoms with van der Waals surface area (Å²) in [5.41, 5.74) is 2.03. The summed E-state index contributed by atoms with van der Waals surface area (Å²) >= 11 is 0. The van der Waals surface area contributed by atoms with Crippen LogP contribution < -0.4 is 5.32 Å². The Kier molecular flexibility index (Phi) is 5.94. The van der Waals surface area contributed by atoms with Gasteiger partial charge in [-0.1, -0.05) is 0 Å². The first-order chi connectivity index (χ1) is 12.9. The molecule has 0 aromatic carbocycles. The number of amides is 2. The van der Waals surface area contributed by atoms with Gasteiger partial charge < -0.3 is 19.9 Å². The van der Waals surface area contributed by atoms with Crippen LogP contribution in [0.5, 0.6) is 0 Å². The van der Waals surface area contributed by atoms with E-state index in [0.29, 0.717) is 31.2 Å². The molecule has 0 saturated carbocycles. The monoisotopic (exact) mass is 375 g/mol. The fraction of sp³-hybridized carbons (Fsp3) is 0.684. The van der Waals surface area contributed by atoms with Crippen molar-refractivity contribution >= 4 is 17.8 Å². The van der Waals surface area contributed by atoms with E-state index in [2.05, 4.69) is 15.3 Å². The topological polar surface area (TPSA) is 87.7 Å². The number of carbonyl (C=O) groups excluding carboxylic acids is 2. The number of rotatable bonds is 5. The Morgan fingerprint density at radius 2 is 1.78 bits per heavy atom. The maximum Gasteiger partial charge on any atom is 0.273 e. The van der Waals surface area contributed by atoms with Gasteiger partial charge in [-0.15, -0.1) is 0 Å². The van der Waals surface area contributed by atoms with Gasteiger partial charge in [0, 0.05) is 45.2 Å². The van der Waals surface area contributed by atoms with E-state index in [-0.39, 0.29) is 17.9 Å². The van der Waals surface area contributed by atoms with Crippen LogP contribution in [0, 0.1) is 0 Å². The van der Waals surface area contributed by atoms with Crippen LogP contribution in [0.3, 0.4) is 0 Å². The second kappa shape index (κ2) is 8.21. The maximum atomic E-state index is 13.0. The minimum atomic E-state index is -0.512. The molecule has 1 aromatic rings. The average molecular weight is 375 g/mol. The number of hydrogen-bond acceptors (Lipinski definition) is 6. The van der Waals surface area contributed by atoms with Crippen molar-refractivity contribution in [1.29, 1.82) is 0 Å². The van der Waals surface area contributed by atoms with Crippen molar-refractivity contribution < 1.29 is 14.3 Å². The molecule has 1 N–H and O–H groups in total. The van der Waals surface area contributed by atoms with E-state index in [0.717, 1.165) is 37.2 Å². The number of anilines is 1. The third kappa shape index (κ3) is 4.21. The van der Waals surface area contributed by atoms with Crippen LogP contribution in [0.1, 0.15) is 55.4 Å². The Balaban J connectivity index is 1.87. The summed E-state index contributed by atoms with van der Waals surface area (Å²) in [5.74, 6) is 0.322. The molecular weight excluding hydrogens is 346 g/mol. The zero-order chi connectivity index (χ0) is 19.6. The standard InChI is InChI=1S/C19H29N5O3/c1-12(2)27-13(3)17(25)24-10-7-15-14(11-24)16(22-19(20-4)21-15)18(26)23-8-5-6-9-23/h12-13H,5-11H2,1-4H3,(H,20,21,22). The quantitative estimate of drug-likeness (QED) is 0.838. The molecule has 0 aliphatic carbocycles. The van der Waals surface area contributed by atoms with Gasteiger partial charge in [0.15, 0.2) is 0 Å². The summed E-state index contributed by atoms with van der Waals surface area (Å²) in [6.45, 7) is 8.02. The molecule has 2 aliphatic rings. The van der Waals surface area contributed by atoms with Crippen molar-refractivity contribution in [1.82, 2.24) is 19.8 Å². The second-order valence-electron chi connectivity index (χ2n) is 7.41. The first kappa shape index (κ1) is 19.5. The number of fused-ring (bicyclic) bond motifs is 1. The van der Waals surface area contributed by atoms with Crippen molar-refractivity contribution in [3.05, 3.63) is 17.0 Å². The second-order valence-corrected chi connectivity index (χ2v) is 7.41. The van der Waals surface area contributed by atoms with Crippen molar-refractivity contribution in [3.8, 4) is 0 Å². The van der Waals surface area contributed by atoms with E-state index in [9.17, 15) is 9.59 Å². The number of nitrogens with zero attached hydrogens (tertiary/aromatic N) is 4. The molecule has 1 saturated heterocycles. The van der Waals surface area contributed by atoms with Crippen LogP contribution in [-0.4, -0.2) is 70.5 Å². The SMILES string of the molecule is CNc1nc2c(c(C(=O)N3CCCC3)n1)CN(C(=O)C(C)OC(C)C)CC2. The molecule has 0 radical (unpaired) electrons. The van der Waals surface area contributed by atoms with Crippen LogP contribution in [0.15, 0.2) is 0 Å². The van der Waals surface area contributed by atoms with E-state index in [1.54, 1.807) is 18.9 Å². The molecule has 2 amide bonds. The largest absolute Gasteiger partial charge is 0.366 e. The Morgan fingerprint density at radius 1 is 1.07 bits per heavy atom. The molecule has 8 heteroatoms. The van der Waals surface area contributed by atoms with Gasteiger partial charge in [-0.05, 0) is 33.6 Å². The van der Waals surface area contributed by atoms with E-state index in [1.807, 2.05) is 18.7 Å². The molecule has 0 bridgehead atoms. The highest BCUT2D eigenvalue weighted by Crippen LogP contribution is 2.25. The lowest BCUT2D eigenvalue weighted by Crippen LogP contribution is -2.44. The summed E-state index contributed by atoms with van der Waals surface area (Å²) in [7, 11) is 1.75. The zero-order valence-corrected chi connectivity index (χ0v) is 16.6. The average Bonchev–Trinajstić information content (AvgIpc) is 3.19. The third-order valence-electron chi connectivity index (χ3n) is 5.02. The lowest BCUT2D eigenvalue weighted by molar-refractivity contribution is -0.146. The maximum absolute atomic E-state index is 13.0. The van der Waals surface area contributed by atoms with Gasteiger partial charge in [-0.3, -0.25) is 9.59 Å². The lowest BCUT2D eigenvalue weighted by Gasteiger charge is -2.32. The fourth-order valence-corrected chi connectivity index (χ4v) is 3.68. The number of ether oxygens (including phenoxy) is 1. The molecule has 2 aliphatic heterocycles. The number of likely N-dealkylation sites (tertiary alicyclic amines) is 1. The Morgan fingerprint density at radius 3 is 2.41 bits per heavy atom. The van der Waals surface area contributed by atoms with Crippen LogP contribution in [0.4, 0.5) is 5.95 Å². The van der Waals surface area contributed by atoms with Crippen molar-refractivity contribution in [2.75, 3.05) is 32.0 Å². The molecule has 27 heavy (non-hydrogen) atoms. The number of aromatic nitrogens is 2. The molecule has 1 atom stereocenters. The summed E-state index contributed by atoms with van der Waals surface area (Å²) in [5, 5.41) is 2.94. The van der Waals surface area contributed by atoms with Gasteiger partial charge in [-0.2, -0.15) is 0 Å². The van der Waals surface area contributed by atoms with Gasteiger partial charge in [0.1, 0.15) is 11.8 Å². The molecule has 1 fully saturated rings. The first-order valence-electron chi connectivity index (χ1n) is 9.71. The fourth-order valence-electron chi connectivity index (χ4n) is 3.68. The van der Waals surface area contributed by atoms with Gasteiger partial charge in [0.05, 0.1) is 11.8 Å². The van der Waals surface area contributed by atoms with E-state index < -0.39 is 6.10 Å². The van der Waals surface area contributed by atoms with Crippen LogP contribution in [0.25, 0.3) is 0 Å². The zero-order valence-electron chi connectivity index (χ0n) is 16.6.